The summed E-state index contributed by atoms with van der Waals surface area (Å²) in [5.74, 6) is 0.984. The molecule has 0 saturated heterocycles. The van der Waals surface area contributed by atoms with Crippen LogP contribution in [0.4, 0.5) is 5.69 Å². The highest BCUT2D eigenvalue weighted by Gasteiger charge is 2.29. The van der Waals surface area contributed by atoms with Crippen LogP contribution in [0.1, 0.15) is 26.3 Å². The molecule has 0 spiro atoms. The van der Waals surface area contributed by atoms with Gasteiger partial charge in [0.05, 0.1) is 35.2 Å². The van der Waals surface area contributed by atoms with Crippen LogP contribution in [-0.4, -0.2) is 24.8 Å². The molecule has 1 amide bonds. The second kappa shape index (κ2) is 8.27. The lowest BCUT2D eigenvalue weighted by molar-refractivity contribution is -0.114. The molecule has 0 fully saturated rings. The highest BCUT2D eigenvalue weighted by atomic mass is 35.5. The number of hydrazone groups is 1. The van der Waals surface area contributed by atoms with Gasteiger partial charge in [-0.15, -0.1) is 0 Å². The largest absolute Gasteiger partial charge is 0.490 e. The Balaban J connectivity index is 1.98. The lowest BCUT2D eigenvalue weighted by Crippen LogP contribution is -2.21. The maximum absolute atomic E-state index is 12.9. The number of ether oxygens (including phenoxy) is 2. The van der Waals surface area contributed by atoms with Crippen molar-refractivity contribution in [1.29, 1.82) is 0 Å². The fourth-order valence-electron chi connectivity index (χ4n) is 2.78. The van der Waals surface area contributed by atoms with Crippen molar-refractivity contribution in [1.82, 2.24) is 0 Å². The van der Waals surface area contributed by atoms with Gasteiger partial charge in [-0.25, -0.2) is 0 Å². The van der Waals surface area contributed by atoms with Gasteiger partial charge in [0.15, 0.2) is 11.5 Å². The summed E-state index contributed by atoms with van der Waals surface area (Å²) in [5.41, 5.74) is 2.52. The average Bonchev–Trinajstić information content (AvgIpc) is 2.94. The highest BCUT2D eigenvalue weighted by Crippen LogP contribution is 2.35. The number of rotatable bonds is 6. The molecule has 0 radical (unpaired) electrons. The quantitative estimate of drug-likeness (QED) is 0.662. The number of halogens is 1. The number of hydrogen-bond acceptors (Lipinski definition) is 4. The molecule has 3 rings (SSSR count). The van der Waals surface area contributed by atoms with Crippen LogP contribution in [0.15, 0.2) is 53.1 Å². The molecule has 0 atom stereocenters. The Hall–Kier alpha value is -2.79. The lowest BCUT2D eigenvalue weighted by Gasteiger charge is -2.13. The van der Waals surface area contributed by atoms with Gasteiger partial charge in [0.2, 0.25) is 0 Å². The highest BCUT2D eigenvalue weighted by molar-refractivity contribution is 6.35. The summed E-state index contributed by atoms with van der Waals surface area (Å²) in [6.07, 6.45) is 1.74. The summed E-state index contributed by atoms with van der Waals surface area (Å²) in [6.45, 7) is 6.61. The molecule has 0 saturated carbocycles. The van der Waals surface area contributed by atoms with Crippen molar-refractivity contribution in [2.45, 2.75) is 20.8 Å². The van der Waals surface area contributed by atoms with Crippen LogP contribution in [0.3, 0.4) is 0 Å². The van der Waals surface area contributed by atoms with Gasteiger partial charge >= 0.3 is 0 Å². The van der Waals surface area contributed by atoms with E-state index in [0.29, 0.717) is 46.6 Å². The van der Waals surface area contributed by atoms with Gasteiger partial charge in [-0.1, -0.05) is 29.8 Å². The van der Waals surface area contributed by atoms with E-state index >= 15 is 0 Å². The summed E-state index contributed by atoms with van der Waals surface area (Å²) in [5, 5.41) is 6.26. The summed E-state index contributed by atoms with van der Waals surface area (Å²) in [6, 6.07) is 12.8. The first kappa shape index (κ1) is 19.0. The minimum atomic E-state index is -0.193. The monoisotopic (exact) mass is 384 g/mol. The number of hydrogen-bond donors (Lipinski definition) is 0. The Bertz CT molecular complexity index is 907. The number of carbonyl (C=O) groups excluding carboxylic acids is 1. The van der Waals surface area contributed by atoms with Crippen molar-refractivity contribution >= 4 is 35.0 Å². The van der Waals surface area contributed by atoms with Gasteiger partial charge in [0, 0.05) is 6.07 Å². The normalized spacial score (nSPS) is 15.3. The smallest absolute Gasteiger partial charge is 0.280 e. The molecule has 0 aliphatic carbocycles. The summed E-state index contributed by atoms with van der Waals surface area (Å²) < 4.78 is 11.2. The zero-order valence-electron chi connectivity index (χ0n) is 15.5. The zero-order chi connectivity index (χ0) is 19.4. The maximum Gasteiger partial charge on any atom is 0.280 e. The second-order valence-corrected chi connectivity index (χ2v) is 6.29. The van der Waals surface area contributed by atoms with Gasteiger partial charge in [-0.3, -0.25) is 4.79 Å². The third-order valence-electron chi connectivity index (χ3n) is 4.03. The van der Waals surface area contributed by atoms with Crippen molar-refractivity contribution in [3.63, 3.8) is 0 Å². The molecule has 140 valence electrons. The van der Waals surface area contributed by atoms with E-state index in [-0.39, 0.29) is 5.91 Å². The van der Waals surface area contributed by atoms with E-state index in [9.17, 15) is 4.79 Å². The Morgan fingerprint density at radius 2 is 1.70 bits per heavy atom. The van der Waals surface area contributed by atoms with Crippen molar-refractivity contribution < 1.29 is 14.3 Å². The lowest BCUT2D eigenvalue weighted by atomic mass is 10.1. The predicted octanol–water partition coefficient (Wildman–Crippen LogP) is 4.94. The SMILES string of the molecule is CCOc1cc(Cl)c(/C=C2/C(=O)N(c3ccccc3)N=C2C)cc1OCC. The first-order chi connectivity index (χ1) is 13.0. The second-order valence-electron chi connectivity index (χ2n) is 5.88. The molecule has 2 aromatic rings. The van der Waals surface area contributed by atoms with E-state index in [1.54, 1.807) is 25.1 Å². The van der Waals surface area contributed by atoms with Crippen molar-refractivity contribution in [2.75, 3.05) is 18.2 Å². The molecule has 27 heavy (non-hydrogen) atoms. The minimum absolute atomic E-state index is 0.193. The van der Waals surface area contributed by atoms with Gasteiger partial charge < -0.3 is 9.47 Å². The van der Waals surface area contributed by atoms with Crippen LogP contribution in [-0.2, 0) is 4.79 Å². The maximum atomic E-state index is 12.9. The molecule has 5 nitrogen and oxygen atoms in total. The Morgan fingerprint density at radius 1 is 1.07 bits per heavy atom. The molecule has 0 bridgehead atoms. The number of para-hydroxylation sites is 1. The Morgan fingerprint density at radius 3 is 2.33 bits per heavy atom. The number of benzene rings is 2. The third-order valence-corrected chi connectivity index (χ3v) is 4.35. The van der Waals surface area contributed by atoms with Crippen molar-refractivity contribution in [3.05, 3.63) is 58.6 Å². The Kier molecular flexibility index (Phi) is 5.81. The number of nitrogens with zero attached hydrogens (tertiary/aromatic N) is 2. The molecule has 1 heterocycles. The van der Waals surface area contributed by atoms with Crippen LogP contribution in [0, 0.1) is 0 Å². The summed E-state index contributed by atoms with van der Waals surface area (Å²) >= 11 is 6.42. The van der Waals surface area contributed by atoms with E-state index in [0.717, 1.165) is 5.69 Å². The van der Waals surface area contributed by atoms with Crippen LogP contribution >= 0.6 is 11.6 Å². The van der Waals surface area contributed by atoms with Crippen LogP contribution in [0.2, 0.25) is 5.02 Å². The standard InChI is InChI=1S/C21H21ClN2O3/c1-4-26-19-12-15(18(22)13-20(19)27-5-2)11-17-14(3)23-24(21(17)25)16-9-7-6-8-10-16/h6-13H,4-5H2,1-3H3/b17-11+. The van der Waals surface area contributed by atoms with Crippen molar-refractivity contribution in [2.24, 2.45) is 5.10 Å². The van der Waals surface area contributed by atoms with Gasteiger partial charge in [0.25, 0.3) is 5.91 Å². The molecule has 0 N–H and O–H groups in total. The number of carbonyl (C=O) groups is 1. The number of amides is 1. The molecular formula is C21H21ClN2O3. The van der Waals surface area contributed by atoms with E-state index in [1.807, 2.05) is 44.2 Å². The van der Waals surface area contributed by atoms with Gasteiger partial charge in [-0.2, -0.15) is 10.1 Å². The summed E-state index contributed by atoms with van der Waals surface area (Å²) in [7, 11) is 0. The molecule has 0 aromatic heterocycles. The minimum Gasteiger partial charge on any atom is -0.490 e. The molecule has 6 heteroatoms. The first-order valence-corrected chi connectivity index (χ1v) is 9.18. The van der Waals surface area contributed by atoms with E-state index < -0.39 is 0 Å². The molecule has 1 aliphatic rings. The zero-order valence-corrected chi connectivity index (χ0v) is 16.3. The van der Waals surface area contributed by atoms with Crippen LogP contribution in [0.25, 0.3) is 6.08 Å². The molecule has 1 aliphatic heterocycles. The molecule has 2 aromatic carbocycles. The van der Waals surface area contributed by atoms with E-state index in [1.165, 1.54) is 5.01 Å². The van der Waals surface area contributed by atoms with Gasteiger partial charge in [0.1, 0.15) is 0 Å². The van der Waals surface area contributed by atoms with E-state index in [4.69, 9.17) is 21.1 Å². The van der Waals surface area contributed by atoms with E-state index in [2.05, 4.69) is 5.10 Å². The van der Waals surface area contributed by atoms with Crippen LogP contribution < -0.4 is 14.5 Å². The predicted molar refractivity (Wildman–Crippen MR) is 109 cm³/mol. The Labute approximate surface area is 163 Å². The fourth-order valence-corrected chi connectivity index (χ4v) is 2.99. The first-order valence-electron chi connectivity index (χ1n) is 8.81. The van der Waals surface area contributed by atoms with Gasteiger partial charge in [-0.05, 0) is 50.6 Å². The topological polar surface area (TPSA) is 51.1 Å². The molecule has 0 unspecified atom stereocenters. The third kappa shape index (κ3) is 3.98. The fraction of sp³-hybridized carbons (Fsp3) is 0.238. The van der Waals surface area contributed by atoms with Crippen LogP contribution in [0.5, 0.6) is 11.5 Å². The number of anilines is 1. The molecular weight excluding hydrogens is 364 g/mol. The summed E-state index contributed by atoms with van der Waals surface area (Å²) in [4.78, 5) is 12.9. The average molecular weight is 385 g/mol. The van der Waals surface area contributed by atoms with Crippen molar-refractivity contribution in [3.8, 4) is 11.5 Å².